The smallest absolute Gasteiger partial charge is 0.265 e. The number of hydrogen-bond donors (Lipinski definition) is 1. The molecule has 0 unspecified atom stereocenters. The van der Waals surface area contributed by atoms with Gasteiger partial charge in [-0.3, -0.25) is 4.79 Å². The summed E-state index contributed by atoms with van der Waals surface area (Å²) in [7, 11) is -3.65. The number of rotatable bonds is 7. The standard InChI is InChI=1S/C23H26ClN3O6S/c1-16(17-5-8-21-22(13-17)32-12-11-31-21)26-33-15-23(28)25-20-14-18(6-7-19(20)24)34(29,30)27-9-3-2-4-10-27/h5-8,13-14H,2-4,9-12,15H2,1H3,(H,25,28)/b26-16+. The Labute approximate surface area is 203 Å². The summed E-state index contributed by atoms with van der Waals surface area (Å²) in [6.07, 6.45) is 2.68. The average molecular weight is 508 g/mol. The van der Waals surface area contributed by atoms with Crippen molar-refractivity contribution in [2.75, 3.05) is 38.2 Å². The highest BCUT2D eigenvalue weighted by Gasteiger charge is 2.26. The molecule has 2 heterocycles. The van der Waals surface area contributed by atoms with Crippen molar-refractivity contribution in [2.24, 2.45) is 5.16 Å². The van der Waals surface area contributed by atoms with Gasteiger partial charge < -0.3 is 19.6 Å². The third-order valence-corrected chi connectivity index (χ3v) is 7.75. The van der Waals surface area contributed by atoms with E-state index in [1.807, 2.05) is 6.07 Å². The molecule has 2 aromatic rings. The van der Waals surface area contributed by atoms with Crippen LogP contribution in [0.5, 0.6) is 11.5 Å². The second-order valence-corrected chi connectivity index (χ2v) is 10.3. The van der Waals surface area contributed by atoms with E-state index in [0.29, 0.717) is 43.5 Å². The number of fused-ring (bicyclic) bond motifs is 1. The highest BCUT2D eigenvalue weighted by Crippen LogP contribution is 2.31. The number of anilines is 1. The molecule has 2 aromatic carbocycles. The Hall–Kier alpha value is -2.82. The maximum atomic E-state index is 12.9. The quantitative estimate of drug-likeness (QED) is 0.452. The number of ether oxygens (including phenoxy) is 2. The summed E-state index contributed by atoms with van der Waals surface area (Å²) in [4.78, 5) is 17.7. The van der Waals surface area contributed by atoms with Gasteiger partial charge in [0.15, 0.2) is 18.1 Å². The number of piperidine rings is 1. The van der Waals surface area contributed by atoms with Gasteiger partial charge in [0.2, 0.25) is 10.0 Å². The molecule has 34 heavy (non-hydrogen) atoms. The van der Waals surface area contributed by atoms with E-state index in [9.17, 15) is 13.2 Å². The molecule has 1 saturated heterocycles. The lowest BCUT2D eigenvalue weighted by Crippen LogP contribution is -2.35. The first-order valence-electron chi connectivity index (χ1n) is 11.0. The summed E-state index contributed by atoms with van der Waals surface area (Å²) in [5.74, 6) is 0.780. The van der Waals surface area contributed by atoms with E-state index in [1.54, 1.807) is 19.1 Å². The van der Waals surface area contributed by atoms with Crippen molar-refractivity contribution in [1.29, 1.82) is 0 Å². The predicted octanol–water partition coefficient (Wildman–Crippen LogP) is 3.67. The lowest BCUT2D eigenvalue weighted by atomic mass is 10.1. The molecule has 0 aromatic heterocycles. The summed E-state index contributed by atoms with van der Waals surface area (Å²) in [6, 6.07) is 9.68. The van der Waals surface area contributed by atoms with Gasteiger partial charge in [-0.05, 0) is 56.2 Å². The van der Waals surface area contributed by atoms with Crippen LogP contribution in [0.2, 0.25) is 5.02 Å². The number of sulfonamides is 1. The summed E-state index contributed by atoms with van der Waals surface area (Å²) < 4.78 is 38.4. The van der Waals surface area contributed by atoms with E-state index < -0.39 is 15.9 Å². The molecule has 0 saturated carbocycles. The van der Waals surface area contributed by atoms with Crippen LogP contribution in [0, 0.1) is 0 Å². The molecular formula is C23H26ClN3O6S. The number of carbonyl (C=O) groups excluding carboxylic acids is 1. The zero-order chi connectivity index (χ0) is 24.1. The lowest BCUT2D eigenvalue weighted by molar-refractivity contribution is -0.120. The van der Waals surface area contributed by atoms with Crippen LogP contribution in [0.25, 0.3) is 0 Å². The lowest BCUT2D eigenvalue weighted by Gasteiger charge is -2.26. The molecule has 0 atom stereocenters. The molecule has 9 nitrogen and oxygen atoms in total. The van der Waals surface area contributed by atoms with Crippen LogP contribution in [0.4, 0.5) is 5.69 Å². The maximum absolute atomic E-state index is 12.9. The number of nitrogens with one attached hydrogen (secondary N) is 1. The van der Waals surface area contributed by atoms with E-state index in [2.05, 4.69) is 10.5 Å². The van der Waals surface area contributed by atoms with Gasteiger partial charge in [0.05, 0.1) is 21.3 Å². The Morgan fingerprint density at radius 1 is 1.09 bits per heavy atom. The first kappa shape index (κ1) is 24.3. The molecule has 0 radical (unpaired) electrons. The molecule has 4 rings (SSSR count). The SMILES string of the molecule is C/C(=N\OCC(=O)Nc1cc(S(=O)(=O)N2CCCCC2)ccc1Cl)c1ccc2c(c1)OCCO2. The molecule has 2 aliphatic heterocycles. The van der Waals surface area contributed by atoms with E-state index in [-0.39, 0.29) is 22.2 Å². The molecule has 182 valence electrons. The van der Waals surface area contributed by atoms with Gasteiger partial charge in [-0.2, -0.15) is 4.31 Å². The molecule has 0 aliphatic carbocycles. The number of benzene rings is 2. The van der Waals surface area contributed by atoms with Crippen molar-refractivity contribution in [3.8, 4) is 11.5 Å². The van der Waals surface area contributed by atoms with Crippen LogP contribution < -0.4 is 14.8 Å². The second-order valence-electron chi connectivity index (χ2n) is 7.96. The number of nitrogens with zero attached hydrogens (tertiary/aromatic N) is 2. The minimum atomic E-state index is -3.65. The topological polar surface area (TPSA) is 107 Å². The summed E-state index contributed by atoms with van der Waals surface area (Å²) in [6.45, 7) is 3.33. The molecule has 1 N–H and O–H groups in total. The van der Waals surface area contributed by atoms with E-state index in [0.717, 1.165) is 24.8 Å². The largest absolute Gasteiger partial charge is 0.486 e. The van der Waals surface area contributed by atoms with Gasteiger partial charge in [0, 0.05) is 18.7 Å². The maximum Gasteiger partial charge on any atom is 0.265 e. The Morgan fingerprint density at radius 2 is 1.82 bits per heavy atom. The predicted molar refractivity (Wildman–Crippen MR) is 128 cm³/mol. The third-order valence-electron chi connectivity index (χ3n) is 5.52. The van der Waals surface area contributed by atoms with E-state index in [4.69, 9.17) is 25.9 Å². The fourth-order valence-electron chi connectivity index (χ4n) is 3.71. The highest BCUT2D eigenvalue weighted by molar-refractivity contribution is 7.89. The summed E-state index contributed by atoms with van der Waals surface area (Å²) in [5.41, 5.74) is 1.52. The molecule has 0 spiro atoms. The van der Waals surface area contributed by atoms with Crippen LogP contribution >= 0.6 is 11.6 Å². The monoisotopic (exact) mass is 507 g/mol. The third kappa shape index (κ3) is 5.63. The van der Waals surface area contributed by atoms with Crippen LogP contribution in [-0.2, 0) is 19.7 Å². The van der Waals surface area contributed by atoms with Crippen LogP contribution in [0.15, 0.2) is 46.4 Å². The van der Waals surface area contributed by atoms with Crippen molar-refractivity contribution >= 4 is 38.9 Å². The number of halogens is 1. The number of amides is 1. The van der Waals surface area contributed by atoms with Gasteiger partial charge in [-0.25, -0.2) is 8.42 Å². The molecule has 11 heteroatoms. The van der Waals surface area contributed by atoms with Crippen LogP contribution in [-0.4, -0.2) is 57.3 Å². The fourth-order valence-corrected chi connectivity index (χ4v) is 5.42. The van der Waals surface area contributed by atoms with E-state index in [1.165, 1.54) is 22.5 Å². The Morgan fingerprint density at radius 3 is 2.59 bits per heavy atom. The zero-order valence-corrected chi connectivity index (χ0v) is 20.3. The number of oxime groups is 1. The van der Waals surface area contributed by atoms with Crippen molar-refractivity contribution in [1.82, 2.24) is 4.31 Å². The van der Waals surface area contributed by atoms with E-state index >= 15 is 0 Å². The fraction of sp³-hybridized carbons (Fsp3) is 0.391. The molecule has 2 aliphatic rings. The first-order valence-corrected chi connectivity index (χ1v) is 12.8. The number of hydrogen-bond acceptors (Lipinski definition) is 7. The normalized spacial score (nSPS) is 16.7. The molecular weight excluding hydrogens is 482 g/mol. The Balaban J connectivity index is 1.38. The second kappa shape index (κ2) is 10.6. The van der Waals surface area contributed by atoms with Crippen molar-refractivity contribution in [2.45, 2.75) is 31.1 Å². The van der Waals surface area contributed by atoms with Gasteiger partial charge >= 0.3 is 0 Å². The van der Waals surface area contributed by atoms with Gasteiger partial charge in [-0.15, -0.1) is 0 Å². The van der Waals surface area contributed by atoms with Gasteiger partial charge in [0.25, 0.3) is 5.91 Å². The summed E-state index contributed by atoms with van der Waals surface area (Å²) in [5, 5.41) is 6.81. The van der Waals surface area contributed by atoms with Crippen molar-refractivity contribution in [3.05, 3.63) is 47.0 Å². The van der Waals surface area contributed by atoms with Crippen molar-refractivity contribution < 1.29 is 27.5 Å². The minimum Gasteiger partial charge on any atom is -0.486 e. The summed E-state index contributed by atoms with van der Waals surface area (Å²) >= 11 is 6.19. The Kier molecular flexibility index (Phi) is 7.60. The minimum absolute atomic E-state index is 0.0856. The highest BCUT2D eigenvalue weighted by atomic mass is 35.5. The molecule has 0 bridgehead atoms. The zero-order valence-electron chi connectivity index (χ0n) is 18.8. The van der Waals surface area contributed by atoms with Crippen LogP contribution in [0.3, 0.4) is 0 Å². The number of carbonyl (C=O) groups is 1. The van der Waals surface area contributed by atoms with Crippen molar-refractivity contribution in [3.63, 3.8) is 0 Å². The average Bonchev–Trinajstić information content (AvgIpc) is 2.85. The van der Waals surface area contributed by atoms with Gasteiger partial charge in [-0.1, -0.05) is 23.2 Å². The first-order chi connectivity index (χ1) is 16.3. The van der Waals surface area contributed by atoms with Crippen LogP contribution in [0.1, 0.15) is 31.7 Å². The molecule has 1 amide bonds. The molecule has 1 fully saturated rings. The Bertz CT molecular complexity index is 1200. The van der Waals surface area contributed by atoms with Gasteiger partial charge in [0.1, 0.15) is 13.2 Å².